The third kappa shape index (κ3) is 17.1. The lowest BCUT2D eigenvalue weighted by molar-refractivity contribution is -0.158. The molecule has 2 aromatic rings. The highest BCUT2D eigenvalue weighted by Gasteiger charge is 2.34. The molecule has 3 aliphatic rings. The van der Waals surface area contributed by atoms with Crippen LogP contribution in [0.5, 0.6) is 11.5 Å². The molecule has 0 aromatic heterocycles. The van der Waals surface area contributed by atoms with E-state index in [4.69, 9.17) is 42.6 Å². The van der Waals surface area contributed by atoms with E-state index < -0.39 is 23.8 Å². The molecule has 17 heteroatoms. The van der Waals surface area contributed by atoms with Gasteiger partial charge >= 0.3 is 18.0 Å². The summed E-state index contributed by atoms with van der Waals surface area (Å²) >= 11 is 0. The van der Waals surface area contributed by atoms with Gasteiger partial charge in [0.2, 0.25) is 0 Å². The van der Waals surface area contributed by atoms with Crippen LogP contribution in [0.3, 0.4) is 0 Å². The first kappa shape index (κ1) is 47.0. The van der Waals surface area contributed by atoms with Gasteiger partial charge in [0.15, 0.2) is 11.6 Å². The number of amides is 2. The number of aliphatic hydroxyl groups excluding tert-OH is 2. The van der Waals surface area contributed by atoms with Crippen molar-refractivity contribution in [3.63, 3.8) is 0 Å². The van der Waals surface area contributed by atoms with E-state index in [1.807, 2.05) is 56.9 Å². The second-order valence-corrected chi connectivity index (χ2v) is 16.1. The minimum absolute atomic E-state index is 0.00896. The summed E-state index contributed by atoms with van der Waals surface area (Å²) in [5.74, 6) is -0.865. The van der Waals surface area contributed by atoms with Crippen LogP contribution < -0.4 is 14.8 Å². The SMILES string of the molecule is CC1(C)OC[C@@H](COC(=O)CCc2ccc(OC[C@@H](O)CN(CCNC(=O)N3CCOCC3)C[C@H](O)COc3ccc(CCC(=O)OC[C@H]4COC(C)(C)O4)cc3)cc2)O1. The monoisotopic (exact) mass is 845 g/mol. The number of aliphatic hydroxyl groups is 2. The highest BCUT2D eigenvalue weighted by Crippen LogP contribution is 2.24. The zero-order valence-electron chi connectivity index (χ0n) is 35.3. The minimum Gasteiger partial charge on any atom is -0.491 e. The molecule has 0 saturated carbocycles. The first-order valence-electron chi connectivity index (χ1n) is 20.8. The predicted molar refractivity (Wildman–Crippen MR) is 216 cm³/mol. The average Bonchev–Trinajstić information content (AvgIpc) is 3.78. The van der Waals surface area contributed by atoms with Crippen LogP contribution in [0.25, 0.3) is 0 Å². The van der Waals surface area contributed by atoms with Gasteiger partial charge in [0.05, 0.1) is 26.4 Å². The van der Waals surface area contributed by atoms with Crippen LogP contribution in [0.4, 0.5) is 4.79 Å². The Morgan fingerprint density at radius 3 is 1.62 bits per heavy atom. The Balaban J connectivity index is 1.02. The molecule has 0 unspecified atom stereocenters. The van der Waals surface area contributed by atoms with E-state index in [9.17, 15) is 24.6 Å². The van der Waals surface area contributed by atoms with Crippen molar-refractivity contribution < 1.29 is 67.2 Å². The van der Waals surface area contributed by atoms with E-state index >= 15 is 0 Å². The summed E-state index contributed by atoms with van der Waals surface area (Å²) in [6, 6.07) is 14.4. The van der Waals surface area contributed by atoms with Crippen LogP contribution in [-0.4, -0.2) is 166 Å². The maximum Gasteiger partial charge on any atom is 0.317 e. The highest BCUT2D eigenvalue weighted by atomic mass is 16.8. The Morgan fingerprint density at radius 2 is 1.20 bits per heavy atom. The molecule has 2 aromatic carbocycles. The number of aryl methyl sites for hydroxylation is 2. The van der Waals surface area contributed by atoms with Crippen LogP contribution in [-0.2, 0) is 55.6 Å². The quantitative estimate of drug-likeness (QED) is 0.138. The number of carbonyl (C=O) groups excluding carboxylic acids is 3. The first-order chi connectivity index (χ1) is 28.7. The maximum absolute atomic E-state index is 12.7. The number of carbonyl (C=O) groups is 3. The molecule has 0 aliphatic carbocycles. The van der Waals surface area contributed by atoms with Crippen molar-refractivity contribution >= 4 is 18.0 Å². The van der Waals surface area contributed by atoms with E-state index in [1.54, 1.807) is 29.2 Å². The predicted octanol–water partition coefficient (Wildman–Crippen LogP) is 2.46. The molecule has 2 amide bonds. The summed E-state index contributed by atoms with van der Waals surface area (Å²) in [4.78, 5) is 40.8. The van der Waals surface area contributed by atoms with Crippen molar-refractivity contribution in [2.75, 3.05) is 92.1 Å². The molecule has 3 heterocycles. The summed E-state index contributed by atoms with van der Waals surface area (Å²) in [5, 5.41) is 24.9. The summed E-state index contributed by atoms with van der Waals surface area (Å²) in [6.45, 7) is 11.3. The first-order valence-corrected chi connectivity index (χ1v) is 20.8. The average molecular weight is 846 g/mol. The fourth-order valence-electron chi connectivity index (χ4n) is 6.75. The van der Waals surface area contributed by atoms with E-state index in [0.717, 1.165) is 11.1 Å². The molecule has 17 nitrogen and oxygen atoms in total. The van der Waals surface area contributed by atoms with Crippen LogP contribution in [0, 0.1) is 0 Å². The Bertz CT molecular complexity index is 1520. The topological polar surface area (TPSA) is 193 Å². The Kier molecular flexibility index (Phi) is 18.2. The van der Waals surface area contributed by atoms with Gasteiger partial charge in [0.1, 0.15) is 62.3 Å². The summed E-state index contributed by atoms with van der Waals surface area (Å²) in [6.07, 6.45) is -0.950. The Hall–Kier alpha value is -4.07. The molecule has 60 heavy (non-hydrogen) atoms. The van der Waals surface area contributed by atoms with Crippen molar-refractivity contribution in [3.8, 4) is 11.5 Å². The summed E-state index contributed by atoms with van der Waals surface area (Å²) < 4.78 is 50.1. The fraction of sp³-hybridized carbons (Fsp3) is 0.651. The number of morpholine rings is 1. The lowest BCUT2D eigenvalue weighted by atomic mass is 10.1. The van der Waals surface area contributed by atoms with Crippen LogP contribution in [0.1, 0.15) is 51.7 Å². The molecule has 5 rings (SSSR count). The minimum atomic E-state index is -0.913. The van der Waals surface area contributed by atoms with Gasteiger partial charge in [-0.05, 0) is 75.9 Å². The number of hydrogen-bond donors (Lipinski definition) is 3. The number of benzene rings is 2. The largest absolute Gasteiger partial charge is 0.491 e. The molecule has 3 N–H and O–H groups in total. The summed E-state index contributed by atoms with van der Waals surface area (Å²) in [5.41, 5.74) is 1.87. The number of ether oxygens (including phenoxy) is 9. The number of urea groups is 1. The van der Waals surface area contributed by atoms with Crippen molar-refractivity contribution in [3.05, 3.63) is 59.7 Å². The molecular formula is C43H63N3O14. The van der Waals surface area contributed by atoms with Gasteiger partial charge in [-0.1, -0.05) is 24.3 Å². The second-order valence-electron chi connectivity index (χ2n) is 16.1. The van der Waals surface area contributed by atoms with Gasteiger partial charge < -0.3 is 63.1 Å². The maximum atomic E-state index is 12.7. The van der Waals surface area contributed by atoms with Crippen molar-refractivity contribution in [2.24, 2.45) is 0 Å². The van der Waals surface area contributed by atoms with Crippen LogP contribution in [0.2, 0.25) is 0 Å². The Labute approximate surface area is 352 Å². The van der Waals surface area contributed by atoms with Gasteiger partial charge in [-0.2, -0.15) is 0 Å². The standard InChI is InChI=1S/C43H63N3O14/c1-42(2)57-29-37(59-42)27-55-39(49)15-9-31-5-11-35(12-6-31)53-25-33(47)23-45(18-17-44-41(51)46-19-21-52-22-20-46)24-34(48)26-54-36-13-7-32(8-14-36)10-16-40(50)56-28-38-30-58-43(3,4)60-38/h5-8,11-14,33-34,37-38,47-48H,9-10,15-30H2,1-4H3,(H,44,51)/t33-,34-,37-,38+/m0/s1. The lowest BCUT2D eigenvalue weighted by Crippen LogP contribution is -2.49. The van der Waals surface area contributed by atoms with Crippen molar-refractivity contribution in [2.45, 2.75) is 89.4 Å². The van der Waals surface area contributed by atoms with E-state index in [-0.39, 0.29) is 82.5 Å². The molecule has 0 bridgehead atoms. The van der Waals surface area contributed by atoms with Gasteiger partial charge in [0.25, 0.3) is 0 Å². The molecule has 0 radical (unpaired) electrons. The van der Waals surface area contributed by atoms with E-state index in [0.29, 0.717) is 76.9 Å². The van der Waals surface area contributed by atoms with Crippen molar-refractivity contribution in [1.82, 2.24) is 15.1 Å². The molecule has 3 fully saturated rings. The fourth-order valence-corrected chi connectivity index (χ4v) is 6.75. The van der Waals surface area contributed by atoms with Crippen LogP contribution >= 0.6 is 0 Å². The molecule has 4 atom stereocenters. The van der Waals surface area contributed by atoms with Gasteiger partial charge in [-0.25, -0.2) is 4.79 Å². The Morgan fingerprint density at radius 1 is 0.750 bits per heavy atom. The number of esters is 2. The third-order valence-corrected chi connectivity index (χ3v) is 9.90. The smallest absolute Gasteiger partial charge is 0.317 e. The molecule has 3 saturated heterocycles. The molecule has 334 valence electrons. The molecule has 0 spiro atoms. The van der Waals surface area contributed by atoms with Crippen LogP contribution in [0.15, 0.2) is 48.5 Å². The lowest BCUT2D eigenvalue weighted by Gasteiger charge is -2.29. The molecule has 3 aliphatic heterocycles. The second kappa shape index (κ2) is 23.2. The third-order valence-electron chi connectivity index (χ3n) is 9.90. The number of nitrogens with one attached hydrogen (secondary N) is 1. The van der Waals surface area contributed by atoms with E-state index in [1.165, 1.54) is 0 Å². The zero-order chi connectivity index (χ0) is 43.0. The van der Waals surface area contributed by atoms with E-state index in [2.05, 4.69) is 5.32 Å². The number of nitrogens with zero attached hydrogens (tertiary/aromatic N) is 2. The van der Waals surface area contributed by atoms with Gasteiger partial charge in [0, 0.05) is 52.1 Å². The summed E-state index contributed by atoms with van der Waals surface area (Å²) in [7, 11) is 0. The van der Waals surface area contributed by atoms with Gasteiger partial charge in [-0.15, -0.1) is 0 Å². The van der Waals surface area contributed by atoms with Gasteiger partial charge in [-0.3, -0.25) is 14.5 Å². The zero-order valence-corrected chi connectivity index (χ0v) is 35.3. The van der Waals surface area contributed by atoms with Crippen molar-refractivity contribution in [1.29, 1.82) is 0 Å². The number of rotatable bonds is 23. The molecular weight excluding hydrogens is 782 g/mol. The number of hydrogen-bond acceptors (Lipinski definition) is 15. The normalized spacial score (nSPS) is 20.7. The highest BCUT2D eigenvalue weighted by molar-refractivity contribution is 5.74.